The van der Waals surface area contributed by atoms with Crippen molar-refractivity contribution in [1.29, 1.82) is 0 Å². The van der Waals surface area contributed by atoms with Gasteiger partial charge in [-0.05, 0) is 39.5 Å². The minimum absolute atomic E-state index is 0.524. The largest absolute Gasteiger partial charge is 0.287 e. The summed E-state index contributed by atoms with van der Waals surface area (Å²) in [5, 5.41) is 0.524. The molecule has 0 radical (unpaired) electrons. The molecule has 0 aliphatic heterocycles. The van der Waals surface area contributed by atoms with Crippen molar-refractivity contribution < 1.29 is 0 Å². The van der Waals surface area contributed by atoms with E-state index in [0.717, 1.165) is 24.2 Å². The third-order valence-corrected chi connectivity index (χ3v) is 3.80. The summed E-state index contributed by atoms with van der Waals surface area (Å²) < 4.78 is 2.07. The molecule has 1 aliphatic carbocycles. The van der Waals surface area contributed by atoms with Crippen molar-refractivity contribution >= 4 is 11.6 Å². The van der Waals surface area contributed by atoms with Crippen molar-refractivity contribution in [3.8, 4) is 5.82 Å². The van der Waals surface area contributed by atoms with Gasteiger partial charge in [-0.15, -0.1) is 0 Å². The van der Waals surface area contributed by atoms with Gasteiger partial charge in [0.2, 0.25) is 0 Å². The zero-order chi connectivity index (χ0) is 12.7. The van der Waals surface area contributed by atoms with Crippen LogP contribution in [0.25, 0.3) is 5.82 Å². The van der Waals surface area contributed by atoms with Crippen LogP contribution in [-0.4, -0.2) is 19.5 Å². The Morgan fingerprint density at radius 2 is 1.94 bits per heavy atom. The highest BCUT2D eigenvalue weighted by Crippen LogP contribution is 2.25. The van der Waals surface area contributed by atoms with Crippen LogP contribution in [0.2, 0.25) is 5.15 Å². The number of hydrogen-bond donors (Lipinski definition) is 0. The van der Waals surface area contributed by atoms with Crippen molar-refractivity contribution in [2.75, 3.05) is 0 Å². The predicted molar refractivity (Wildman–Crippen MR) is 70.3 cm³/mol. The van der Waals surface area contributed by atoms with E-state index < -0.39 is 0 Å². The fourth-order valence-electron chi connectivity index (χ4n) is 2.47. The lowest BCUT2D eigenvalue weighted by Gasteiger charge is -2.15. The van der Waals surface area contributed by atoms with E-state index in [9.17, 15) is 0 Å². The molecule has 18 heavy (non-hydrogen) atoms. The first kappa shape index (κ1) is 11.7. The molecule has 0 aromatic carbocycles. The van der Waals surface area contributed by atoms with Crippen LogP contribution >= 0.6 is 11.6 Å². The standard InChI is InChI=1S/C13H15ClN4/c1-8-12(14)16-9(2)17-13(8)18-7-15-10-5-3-4-6-11(10)18/h7H,3-6H2,1-2H3. The molecule has 5 heteroatoms. The number of nitrogens with zero attached hydrogens (tertiary/aromatic N) is 4. The van der Waals surface area contributed by atoms with Gasteiger partial charge in [0.1, 0.15) is 23.1 Å². The lowest BCUT2D eigenvalue weighted by Crippen LogP contribution is -2.10. The van der Waals surface area contributed by atoms with Gasteiger partial charge in [-0.1, -0.05) is 11.6 Å². The maximum Gasteiger partial charge on any atom is 0.146 e. The van der Waals surface area contributed by atoms with Crippen LogP contribution in [0, 0.1) is 13.8 Å². The number of imidazole rings is 1. The van der Waals surface area contributed by atoms with E-state index in [1.54, 1.807) is 0 Å². The molecule has 0 fully saturated rings. The fourth-order valence-corrected chi connectivity index (χ4v) is 2.67. The Morgan fingerprint density at radius 3 is 2.78 bits per heavy atom. The van der Waals surface area contributed by atoms with Gasteiger partial charge in [0.05, 0.1) is 5.69 Å². The van der Waals surface area contributed by atoms with Crippen LogP contribution < -0.4 is 0 Å². The minimum Gasteiger partial charge on any atom is -0.287 e. The number of fused-ring (bicyclic) bond motifs is 1. The highest BCUT2D eigenvalue weighted by Gasteiger charge is 2.19. The van der Waals surface area contributed by atoms with E-state index in [-0.39, 0.29) is 0 Å². The molecule has 1 aliphatic rings. The molecule has 0 N–H and O–H groups in total. The topological polar surface area (TPSA) is 43.6 Å². The molecule has 2 heterocycles. The third kappa shape index (κ3) is 1.81. The van der Waals surface area contributed by atoms with Gasteiger partial charge in [0, 0.05) is 11.3 Å². The molecule has 0 amide bonds. The second kappa shape index (κ2) is 4.35. The lowest BCUT2D eigenvalue weighted by atomic mass is 10.0. The number of rotatable bonds is 1. The van der Waals surface area contributed by atoms with Crippen LogP contribution in [0.4, 0.5) is 0 Å². The van der Waals surface area contributed by atoms with Crippen LogP contribution in [0.3, 0.4) is 0 Å². The Balaban J connectivity index is 2.18. The molecule has 0 unspecified atom stereocenters. The third-order valence-electron chi connectivity index (χ3n) is 3.43. The predicted octanol–water partition coefficient (Wildman–Crippen LogP) is 2.81. The van der Waals surface area contributed by atoms with E-state index in [1.165, 1.54) is 24.2 Å². The molecule has 0 saturated carbocycles. The summed E-state index contributed by atoms with van der Waals surface area (Å²) in [6, 6.07) is 0. The highest BCUT2D eigenvalue weighted by molar-refractivity contribution is 6.30. The molecular formula is C13H15ClN4. The van der Waals surface area contributed by atoms with Crippen molar-refractivity contribution in [3.05, 3.63) is 34.3 Å². The Morgan fingerprint density at radius 1 is 1.17 bits per heavy atom. The van der Waals surface area contributed by atoms with E-state index in [4.69, 9.17) is 11.6 Å². The first-order chi connectivity index (χ1) is 8.66. The normalized spacial score (nSPS) is 14.6. The maximum absolute atomic E-state index is 6.13. The molecule has 2 aromatic rings. The Labute approximate surface area is 111 Å². The zero-order valence-electron chi connectivity index (χ0n) is 10.6. The summed E-state index contributed by atoms with van der Waals surface area (Å²) >= 11 is 6.13. The molecular weight excluding hydrogens is 248 g/mol. The Hall–Kier alpha value is -1.42. The summed E-state index contributed by atoms with van der Waals surface area (Å²) in [4.78, 5) is 13.2. The van der Waals surface area contributed by atoms with Crippen molar-refractivity contribution in [1.82, 2.24) is 19.5 Å². The molecule has 94 valence electrons. The van der Waals surface area contributed by atoms with Crippen LogP contribution in [0.1, 0.15) is 35.6 Å². The van der Waals surface area contributed by atoms with Gasteiger partial charge in [0.25, 0.3) is 0 Å². The minimum atomic E-state index is 0.524. The van der Waals surface area contributed by atoms with Gasteiger partial charge in [-0.3, -0.25) is 4.57 Å². The van der Waals surface area contributed by atoms with Crippen LogP contribution in [0.15, 0.2) is 6.33 Å². The quantitative estimate of drug-likeness (QED) is 0.743. The average Bonchev–Trinajstić information content (AvgIpc) is 2.77. The second-order valence-electron chi connectivity index (χ2n) is 4.73. The number of aryl methyl sites for hydroxylation is 2. The SMILES string of the molecule is Cc1nc(Cl)c(C)c(-n2cnc3c2CCCC3)n1. The summed E-state index contributed by atoms with van der Waals surface area (Å²) in [5.74, 6) is 1.56. The number of hydrogen-bond acceptors (Lipinski definition) is 3. The maximum atomic E-state index is 6.13. The number of aromatic nitrogens is 4. The summed E-state index contributed by atoms with van der Waals surface area (Å²) in [6.45, 7) is 3.81. The van der Waals surface area contributed by atoms with Gasteiger partial charge >= 0.3 is 0 Å². The summed E-state index contributed by atoms with van der Waals surface area (Å²) in [6.07, 6.45) is 6.44. The molecule has 3 rings (SSSR count). The van der Waals surface area contributed by atoms with E-state index in [0.29, 0.717) is 11.0 Å². The molecule has 0 bridgehead atoms. The molecule has 4 nitrogen and oxygen atoms in total. The molecule has 2 aromatic heterocycles. The van der Waals surface area contributed by atoms with Gasteiger partial charge in [-0.2, -0.15) is 0 Å². The molecule has 0 saturated heterocycles. The average molecular weight is 263 g/mol. The smallest absolute Gasteiger partial charge is 0.146 e. The van der Waals surface area contributed by atoms with Crippen LogP contribution in [0.5, 0.6) is 0 Å². The first-order valence-corrected chi connectivity index (χ1v) is 6.61. The fraction of sp³-hybridized carbons (Fsp3) is 0.462. The van der Waals surface area contributed by atoms with Crippen LogP contribution in [-0.2, 0) is 12.8 Å². The molecule has 0 atom stereocenters. The highest BCUT2D eigenvalue weighted by atomic mass is 35.5. The van der Waals surface area contributed by atoms with Crippen molar-refractivity contribution in [3.63, 3.8) is 0 Å². The first-order valence-electron chi connectivity index (χ1n) is 6.23. The van der Waals surface area contributed by atoms with E-state index >= 15 is 0 Å². The van der Waals surface area contributed by atoms with Gasteiger partial charge in [0.15, 0.2) is 0 Å². The summed E-state index contributed by atoms with van der Waals surface area (Å²) in [5.41, 5.74) is 3.39. The number of halogens is 1. The Bertz CT molecular complexity index is 603. The van der Waals surface area contributed by atoms with Gasteiger partial charge in [-0.25, -0.2) is 15.0 Å². The lowest BCUT2D eigenvalue weighted by molar-refractivity contribution is 0.653. The zero-order valence-corrected chi connectivity index (χ0v) is 11.3. The summed E-state index contributed by atoms with van der Waals surface area (Å²) in [7, 11) is 0. The van der Waals surface area contributed by atoms with E-state index in [1.807, 2.05) is 20.2 Å². The monoisotopic (exact) mass is 262 g/mol. The molecule has 0 spiro atoms. The van der Waals surface area contributed by atoms with Gasteiger partial charge < -0.3 is 0 Å². The van der Waals surface area contributed by atoms with Crippen molar-refractivity contribution in [2.24, 2.45) is 0 Å². The van der Waals surface area contributed by atoms with Crippen molar-refractivity contribution in [2.45, 2.75) is 39.5 Å². The second-order valence-corrected chi connectivity index (χ2v) is 5.08. The van der Waals surface area contributed by atoms with E-state index in [2.05, 4.69) is 19.5 Å². The Kier molecular flexibility index (Phi) is 2.82.